The van der Waals surface area contributed by atoms with Crippen LogP contribution in [0.5, 0.6) is 0 Å². The average molecular weight is 248 g/mol. The number of benzene rings is 1. The van der Waals surface area contributed by atoms with Crippen molar-refractivity contribution in [1.82, 2.24) is 0 Å². The Hall–Kier alpha value is -0.990. The number of hydrogen-bond acceptors (Lipinski definition) is 6. The van der Waals surface area contributed by atoms with E-state index in [4.69, 9.17) is 11.1 Å². The van der Waals surface area contributed by atoms with Gasteiger partial charge in [-0.15, -0.1) is 0 Å². The third-order valence-corrected chi connectivity index (χ3v) is 3.38. The summed E-state index contributed by atoms with van der Waals surface area (Å²) in [6, 6.07) is 3.55. The van der Waals surface area contributed by atoms with E-state index in [1.807, 2.05) is 6.92 Å². The first-order valence-electron chi connectivity index (χ1n) is 4.35. The maximum absolute atomic E-state index is 11.4. The molecule has 0 spiro atoms. The highest BCUT2D eigenvalue weighted by atomic mass is 32.2. The summed E-state index contributed by atoms with van der Waals surface area (Å²) in [6.07, 6.45) is 0. The van der Waals surface area contributed by atoms with E-state index < -0.39 is 10.1 Å². The second kappa shape index (κ2) is 5.92. The van der Waals surface area contributed by atoms with E-state index in [1.165, 1.54) is 0 Å². The van der Waals surface area contributed by atoms with E-state index >= 15 is 0 Å². The molecule has 0 atom stereocenters. The first-order valence-corrected chi connectivity index (χ1v) is 5.76. The minimum Gasteiger partial charge on any atom is -0.320 e. The second-order valence-corrected chi connectivity index (χ2v) is 4.79. The molecule has 0 aliphatic heterocycles. The fourth-order valence-corrected chi connectivity index (χ4v) is 2.61. The number of hydrogen-bond donors (Lipinski definition) is 3. The highest BCUT2D eigenvalue weighted by Crippen LogP contribution is 2.22. The fraction of sp³-hybridized carbons (Fsp3) is 0.333. The zero-order valence-corrected chi connectivity index (χ0v) is 10.2. The minimum atomic E-state index is -3.80. The summed E-state index contributed by atoms with van der Waals surface area (Å²) in [5.74, 6) is 8.23. The molecular weight excluding hydrogens is 232 g/mol. The lowest BCUT2D eigenvalue weighted by molar-refractivity contribution is 0.311. The Morgan fingerprint density at radius 1 is 1.12 bits per heavy atom. The number of aryl methyl sites for hydroxylation is 3. The molecule has 16 heavy (non-hydrogen) atoms. The lowest BCUT2D eigenvalue weighted by Crippen LogP contribution is -2.14. The van der Waals surface area contributed by atoms with E-state index in [1.54, 1.807) is 26.0 Å². The van der Waals surface area contributed by atoms with Gasteiger partial charge in [0.25, 0.3) is 0 Å². The summed E-state index contributed by atoms with van der Waals surface area (Å²) < 4.78 is 26.8. The maximum Gasteiger partial charge on any atom is 0.313 e. The van der Waals surface area contributed by atoms with Crippen LogP contribution in [0.3, 0.4) is 0 Å². The molecule has 0 fully saturated rings. The molecule has 0 saturated carbocycles. The SMILES string of the molecule is Cc1cc(C)c(S(=O)(=O)ON)c(C)c1.NO. The van der Waals surface area contributed by atoms with E-state index in [0.29, 0.717) is 11.1 Å². The second-order valence-electron chi connectivity index (χ2n) is 3.28. The Labute approximate surface area is 94.9 Å². The van der Waals surface area contributed by atoms with Gasteiger partial charge >= 0.3 is 10.1 Å². The van der Waals surface area contributed by atoms with E-state index in [9.17, 15) is 8.42 Å². The van der Waals surface area contributed by atoms with Crippen molar-refractivity contribution in [3.8, 4) is 0 Å². The molecule has 0 aliphatic rings. The molecule has 1 rings (SSSR count). The van der Waals surface area contributed by atoms with Crippen molar-refractivity contribution in [2.75, 3.05) is 0 Å². The molecule has 0 radical (unpaired) electrons. The summed E-state index contributed by atoms with van der Waals surface area (Å²) in [5.41, 5.74) is 2.30. The minimum absolute atomic E-state index is 0.158. The Kier molecular flexibility index (Phi) is 5.56. The van der Waals surface area contributed by atoms with Crippen LogP contribution in [0, 0.1) is 20.8 Å². The van der Waals surface area contributed by atoms with Crippen molar-refractivity contribution >= 4 is 10.1 Å². The predicted octanol–water partition coefficient (Wildman–Crippen LogP) is 0.525. The van der Waals surface area contributed by atoms with Gasteiger partial charge in [-0.25, -0.2) is 5.90 Å². The number of rotatable bonds is 2. The van der Waals surface area contributed by atoms with Crippen LogP contribution in [-0.4, -0.2) is 13.6 Å². The van der Waals surface area contributed by atoms with Gasteiger partial charge in [0.2, 0.25) is 0 Å². The standard InChI is InChI=1S/C9H13NO3S.H3NO/c1-6-4-7(2)9(8(3)5-6)14(11,12)13-10;1-2/h4-5H,10H2,1-3H3;2H,1H2. The van der Waals surface area contributed by atoms with Crippen LogP contribution in [0.15, 0.2) is 17.0 Å². The third-order valence-electron chi connectivity index (χ3n) is 1.98. The zero-order valence-electron chi connectivity index (χ0n) is 9.39. The quantitative estimate of drug-likeness (QED) is 0.657. The first-order chi connectivity index (χ1) is 7.38. The van der Waals surface area contributed by atoms with Crippen molar-refractivity contribution in [3.05, 3.63) is 28.8 Å². The highest BCUT2D eigenvalue weighted by molar-refractivity contribution is 7.86. The topological polar surface area (TPSA) is 116 Å². The van der Waals surface area contributed by atoms with Gasteiger partial charge in [-0.1, -0.05) is 17.7 Å². The summed E-state index contributed by atoms with van der Waals surface area (Å²) in [4.78, 5) is 0.158. The Balaban J connectivity index is 0.00000106. The molecule has 0 heterocycles. The Morgan fingerprint density at radius 3 is 1.81 bits per heavy atom. The zero-order chi connectivity index (χ0) is 12.9. The molecule has 1 aromatic rings. The largest absolute Gasteiger partial charge is 0.320 e. The van der Waals surface area contributed by atoms with Gasteiger partial charge in [0.15, 0.2) is 0 Å². The van der Waals surface area contributed by atoms with Crippen LogP contribution in [-0.2, 0) is 14.4 Å². The van der Waals surface area contributed by atoms with Gasteiger partial charge in [0.05, 0.1) is 0 Å². The molecular formula is C9H16N2O4S. The molecule has 6 nitrogen and oxygen atoms in total. The molecule has 5 N–H and O–H groups in total. The first kappa shape index (κ1) is 15.0. The molecule has 1 aromatic carbocycles. The van der Waals surface area contributed by atoms with Gasteiger partial charge in [0, 0.05) is 0 Å². The molecule has 0 saturated heterocycles. The lowest BCUT2D eigenvalue weighted by Gasteiger charge is -2.09. The molecule has 92 valence electrons. The van der Waals surface area contributed by atoms with Gasteiger partial charge in [0.1, 0.15) is 4.90 Å². The van der Waals surface area contributed by atoms with Crippen LogP contribution >= 0.6 is 0 Å². The molecule has 0 unspecified atom stereocenters. The van der Waals surface area contributed by atoms with Crippen LogP contribution in [0.2, 0.25) is 0 Å². The number of nitrogens with two attached hydrogens (primary N) is 2. The van der Waals surface area contributed by atoms with Crippen LogP contribution in [0.1, 0.15) is 16.7 Å². The molecule has 0 bridgehead atoms. The smallest absolute Gasteiger partial charge is 0.313 e. The lowest BCUT2D eigenvalue weighted by atomic mass is 10.1. The van der Waals surface area contributed by atoms with Gasteiger partial charge in [-0.2, -0.15) is 18.6 Å². The van der Waals surface area contributed by atoms with Crippen LogP contribution < -0.4 is 11.8 Å². The summed E-state index contributed by atoms with van der Waals surface area (Å²) >= 11 is 0. The average Bonchev–Trinajstić information content (AvgIpc) is 2.18. The van der Waals surface area contributed by atoms with E-state index in [2.05, 4.69) is 10.2 Å². The summed E-state index contributed by atoms with van der Waals surface area (Å²) in [5, 5.41) is 6.50. The van der Waals surface area contributed by atoms with Gasteiger partial charge in [-0.3, -0.25) is 0 Å². The van der Waals surface area contributed by atoms with Crippen LogP contribution in [0.4, 0.5) is 0 Å². The maximum atomic E-state index is 11.4. The Bertz CT molecular complexity index is 434. The summed E-state index contributed by atoms with van der Waals surface area (Å²) in [7, 11) is -3.80. The monoisotopic (exact) mass is 248 g/mol. The fourth-order valence-electron chi connectivity index (χ4n) is 1.61. The van der Waals surface area contributed by atoms with Gasteiger partial charge < -0.3 is 5.21 Å². The van der Waals surface area contributed by atoms with E-state index in [-0.39, 0.29) is 4.90 Å². The molecule has 0 aromatic heterocycles. The molecule has 7 heteroatoms. The van der Waals surface area contributed by atoms with E-state index in [0.717, 1.165) is 5.56 Å². The highest BCUT2D eigenvalue weighted by Gasteiger charge is 2.19. The third kappa shape index (κ3) is 3.26. The van der Waals surface area contributed by atoms with Crippen molar-refractivity contribution in [1.29, 1.82) is 0 Å². The van der Waals surface area contributed by atoms with Crippen LogP contribution in [0.25, 0.3) is 0 Å². The van der Waals surface area contributed by atoms with Crippen molar-refractivity contribution in [3.63, 3.8) is 0 Å². The summed E-state index contributed by atoms with van der Waals surface area (Å²) in [6.45, 7) is 5.33. The predicted molar refractivity (Wildman–Crippen MR) is 59.1 cm³/mol. The van der Waals surface area contributed by atoms with Crippen molar-refractivity contribution in [2.24, 2.45) is 11.8 Å². The molecule has 0 aliphatic carbocycles. The van der Waals surface area contributed by atoms with Crippen molar-refractivity contribution < 1.29 is 17.9 Å². The molecule has 0 amide bonds. The van der Waals surface area contributed by atoms with Gasteiger partial charge in [-0.05, 0) is 31.9 Å². The van der Waals surface area contributed by atoms with Crippen molar-refractivity contribution in [2.45, 2.75) is 25.7 Å². The normalized spacial score (nSPS) is 10.6. The Morgan fingerprint density at radius 2 is 1.50 bits per heavy atom.